The number of rotatable bonds is 4. The standard InChI is InChI=1S/C14H20N4/c1-10-16-12-4-3-11(7-13(12)17-10)18(2)9-14(8-15)5-6-14/h3-4,7H,5-6,8-9,15H2,1-2H3,(H,16,17). The molecule has 0 aliphatic heterocycles. The minimum atomic E-state index is 0.369. The fourth-order valence-corrected chi connectivity index (χ4v) is 2.56. The van der Waals surface area contributed by atoms with Gasteiger partial charge in [0.25, 0.3) is 0 Å². The topological polar surface area (TPSA) is 57.9 Å². The van der Waals surface area contributed by atoms with E-state index in [9.17, 15) is 0 Å². The summed E-state index contributed by atoms with van der Waals surface area (Å²) in [5, 5.41) is 0. The predicted molar refractivity (Wildman–Crippen MR) is 74.8 cm³/mol. The molecule has 0 amide bonds. The number of nitrogens with two attached hydrogens (primary N) is 1. The Hall–Kier alpha value is -1.55. The molecule has 1 heterocycles. The second-order valence-electron chi connectivity index (χ2n) is 5.58. The highest BCUT2D eigenvalue weighted by molar-refractivity contribution is 5.79. The number of imidazole rings is 1. The number of fused-ring (bicyclic) bond motifs is 1. The molecule has 18 heavy (non-hydrogen) atoms. The van der Waals surface area contributed by atoms with E-state index in [1.807, 2.05) is 6.92 Å². The summed E-state index contributed by atoms with van der Waals surface area (Å²) in [5.74, 6) is 0.963. The summed E-state index contributed by atoms with van der Waals surface area (Å²) in [7, 11) is 2.14. The molecule has 2 aromatic rings. The van der Waals surface area contributed by atoms with Crippen LogP contribution < -0.4 is 10.6 Å². The van der Waals surface area contributed by atoms with Crippen molar-refractivity contribution in [2.75, 3.05) is 25.0 Å². The maximum absolute atomic E-state index is 5.85. The molecule has 96 valence electrons. The molecule has 1 aliphatic rings. The molecule has 0 atom stereocenters. The number of anilines is 1. The molecule has 1 aromatic carbocycles. The summed E-state index contributed by atoms with van der Waals surface area (Å²) in [4.78, 5) is 10.0. The van der Waals surface area contributed by atoms with Crippen molar-refractivity contribution in [1.29, 1.82) is 0 Å². The third-order valence-corrected chi connectivity index (χ3v) is 3.99. The summed E-state index contributed by atoms with van der Waals surface area (Å²) in [5.41, 5.74) is 9.58. The average Bonchev–Trinajstić information content (AvgIpc) is 3.01. The molecule has 3 rings (SSSR count). The molecular weight excluding hydrogens is 224 g/mol. The van der Waals surface area contributed by atoms with Gasteiger partial charge in [0, 0.05) is 24.7 Å². The maximum Gasteiger partial charge on any atom is 0.104 e. The first kappa shape index (κ1) is 11.5. The van der Waals surface area contributed by atoms with Gasteiger partial charge in [-0.1, -0.05) is 0 Å². The molecule has 0 saturated heterocycles. The van der Waals surface area contributed by atoms with E-state index in [2.05, 4.69) is 40.1 Å². The van der Waals surface area contributed by atoms with Gasteiger partial charge in [0.2, 0.25) is 0 Å². The van der Waals surface area contributed by atoms with Gasteiger partial charge in [-0.2, -0.15) is 0 Å². The molecule has 4 heteroatoms. The largest absolute Gasteiger partial charge is 0.374 e. The molecule has 3 N–H and O–H groups in total. The van der Waals surface area contributed by atoms with Crippen molar-refractivity contribution in [2.24, 2.45) is 11.1 Å². The van der Waals surface area contributed by atoms with Crippen molar-refractivity contribution in [3.8, 4) is 0 Å². The Labute approximate surface area is 107 Å². The fourth-order valence-electron chi connectivity index (χ4n) is 2.56. The van der Waals surface area contributed by atoms with Crippen LogP contribution in [-0.2, 0) is 0 Å². The highest BCUT2D eigenvalue weighted by Crippen LogP contribution is 2.45. The number of hydrogen-bond acceptors (Lipinski definition) is 3. The van der Waals surface area contributed by atoms with Gasteiger partial charge in [0.05, 0.1) is 11.0 Å². The lowest BCUT2D eigenvalue weighted by Crippen LogP contribution is -2.31. The van der Waals surface area contributed by atoms with Crippen molar-refractivity contribution in [3.05, 3.63) is 24.0 Å². The van der Waals surface area contributed by atoms with Crippen LogP contribution in [0.3, 0.4) is 0 Å². The Morgan fingerprint density at radius 2 is 2.22 bits per heavy atom. The van der Waals surface area contributed by atoms with Crippen molar-refractivity contribution in [1.82, 2.24) is 9.97 Å². The van der Waals surface area contributed by atoms with Crippen LogP contribution in [0, 0.1) is 12.3 Å². The van der Waals surface area contributed by atoms with E-state index < -0.39 is 0 Å². The van der Waals surface area contributed by atoms with Crippen LogP contribution in [0.25, 0.3) is 11.0 Å². The van der Waals surface area contributed by atoms with Gasteiger partial charge in [-0.05, 0) is 44.5 Å². The summed E-state index contributed by atoms with van der Waals surface area (Å²) in [6.07, 6.45) is 2.53. The Morgan fingerprint density at radius 3 is 2.89 bits per heavy atom. The SMILES string of the molecule is Cc1nc2ccc(N(C)CC3(CN)CC3)cc2[nH]1. The molecule has 0 spiro atoms. The number of aromatic nitrogens is 2. The second kappa shape index (κ2) is 3.99. The van der Waals surface area contributed by atoms with E-state index >= 15 is 0 Å². The minimum absolute atomic E-state index is 0.369. The van der Waals surface area contributed by atoms with Gasteiger partial charge < -0.3 is 15.6 Å². The zero-order chi connectivity index (χ0) is 12.8. The van der Waals surface area contributed by atoms with Gasteiger partial charge in [-0.25, -0.2) is 4.98 Å². The summed E-state index contributed by atoms with van der Waals surface area (Å²) >= 11 is 0. The quantitative estimate of drug-likeness (QED) is 0.865. The number of aromatic amines is 1. The fraction of sp³-hybridized carbons (Fsp3) is 0.500. The van der Waals surface area contributed by atoms with Crippen molar-refractivity contribution in [3.63, 3.8) is 0 Å². The molecule has 4 nitrogen and oxygen atoms in total. The third kappa shape index (κ3) is 1.97. The second-order valence-corrected chi connectivity index (χ2v) is 5.58. The Balaban J connectivity index is 1.84. The van der Waals surface area contributed by atoms with E-state index in [-0.39, 0.29) is 0 Å². The molecular formula is C14H20N4. The number of hydrogen-bond donors (Lipinski definition) is 2. The van der Waals surface area contributed by atoms with E-state index in [0.29, 0.717) is 5.41 Å². The smallest absolute Gasteiger partial charge is 0.104 e. The Kier molecular flexibility index (Phi) is 2.55. The Morgan fingerprint density at radius 1 is 1.44 bits per heavy atom. The van der Waals surface area contributed by atoms with Crippen LogP contribution in [0.4, 0.5) is 5.69 Å². The molecule has 1 saturated carbocycles. The monoisotopic (exact) mass is 244 g/mol. The number of aryl methyl sites for hydroxylation is 1. The van der Waals surface area contributed by atoms with Crippen LogP contribution in [0.5, 0.6) is 0 Å². The number of nitrogens with zero attached hydrogens (tertiary/aromatic N) is 2. The minimum Gasteiger partial charge on any atom is -0.374 e. The van der Waals surface area contributed by atoms with Crippen molar-refractivity contribution in [2.45, 2.75) is 19.8 Å². The van der Waals surface area contributed by atoms with E-state index in [1.165, 1.54) is 18.5 Å². The third-order valence-electron chi connectivity index (χ3n) is 3.99. The van der Waals surface area contributed by atoms with Crippen LogP contribution in [0.2, 0.25) is 0 Å². The van der Waals surface area contributed by atoms with Crippen LogP contribution in [0.1, 0.15) is 18.7 Å². The molecule has 0 bridgehead atoms. The lowest BCUT2D eigenvalue weighted by Gasteiger charge is -2.24. The summed E-state index contributed by atoms with van der Waals surface area (Å²) in [6, 6.07) is 6.38. The molecule has 0 radical (unpaired) electrons. The lowest BCUT2D eigenvalue weighted by molar-refractivity contribution is 0.523. The first-order chi connectivity index (χ1) is 8.62. The van der Waals surface area contributed by atoms with E-state index in [4.69, 9.17) is 5.73 Å². The lowest BCUT2D eigenvalue weighted by atomic mass is 10.1. The zero-order valence-electron chi connectivity index (χ0n) is 11.0. The maximum atomic E-state index is 5.85. The average molecular weight is 244 g/mol. The first-order valence-corrected chi connectivity index (χ1v) is 6.49. The van der Waals surface area contributed by atoms with Crippen LogP contribution in [-0.4, -0.2) is 30.1 Å². The van der Waals surface area contributed by atoms with Crippen molar-refractivity contribution < 1.29 is 0 Å². The normalized spacial score (nSPS) is 17.1. The molecule has 1 fully saturated rings. The number of nitrogens with one attached hydrogen (secondary N) is 1. The van der Waals surface area contributed by atoms with Crippen LogP contribution >= 0.6 is 0 Å². The zero-order valence-corrected chi connectivity index (χ0v) is 11.0. The van der Waals surface area contributed by atoms with Gasteiger partial charge in [0.15, 0.2) is 0 Å². The Bertz CT molecular complexity index is 568. The predicted octanol–water partition coefficient (Wildman–Crippen LogP) is 2.05. The van der Waals surface area contributed by atoms with Gasteiger partial charge in [0.1, 0.15) is 5.82 Å². The van der Waals surface area contributed by atoms with E-state index in [0.717, 1.165) is 29.9 Å². The highest BCUT2D eigenvalue weighted by Gasteiger charge is 2.42. The van der Waals surface area contributed by atoms with Gasteiger partial charge >= 0.3 is 0 Å². The molecule has 1 aliphatic carbocycles. The number of H-pyrrole nitrogens is 1. The molecule has 0 unspecified atom stereocenters. The summed E-state index contributed by atoms with van der Waals surface area (Å²) in [6.45, 7) is 3.82. The number of benzene rings is 1. The highest BCUT2D eigenvalue weighted by atomic mass is 15.1. The van der Waals surface area contributed by atoms with E-state index in [1.54, 1.807) is 0 Å². The van der Waals surface area contributed by atoms with Gasteiger partial charge in [-0.15, -0.1) is 0 Å². The van der Waals surface area contributed by atoms with Gasteiger partial charge in [-0.3, -0.25) is 0 Å². The van der Waals surface area contributed by atoms with Crippen molar-refractivity contribution >= 4 is 16.7 Å². The first-order valence-electron chi connectivity index (χ1n) is 6.49. The van der Waals surface area contributed by atoms with Crippen LogP contribution in [0.15, 0.2) is 18.2 Å². The summed E-state index contributed by atoms with van der Waals surface area (Å²) < 4.78 is 0. The molecule has 1 aromatic heterocycles.